The van der Waals surface area contributed by atoms with Gasteiger partial charge in [0.25, 0.3) is 0 Å². The van der Waals surface area contributed by atoms with Crippen LogP contribution in [0.5, 0.6) is 0 Å². The summed E-state index contributed by atoms with van der Waals surface area (Å²) in [6.45, 7) is 4.81. The first-order valence-electron chi connectivity index (χ1n) is 5.98. The summed E-state index contributed by atoms with van der Waals surface area (Å²) in [7, 11) is 0. The molecule has 4 heteroatoms. The van der Waals surface area contributed by atoms with E-state index in [9.17, 15) is 0 Å². The Balaban J connectivity index is 1.83. The van der Waals surface area contributed by atoms with Crippen molar-refractivity contribution in [3.8, 4) is 0 Å². The summed E-state index contributed by atoms with van der Waals surface area (Å²) in [5.41, 5.74) is 7.78. The number of hydrogen-bond acceptors (Lipinski definition) is 3. The van der Waals surface area contributed by atoms with E-state index in [-0.39, 0.29) is 5.60 Å². The second kappa shape index (κ2) is 5.38. The van der Waals surface area contributed by atoms with Gasteiger partial charge in [0.1, 0.15) is 0 Å². The van der Waals surface area contributed by atoms with Crippen LogP contribution < -0.4 is 11.1 Å². The van der Waals surface area contributed by atoms with E-state index >= 15 is 0 Å². The van der Waals surface area contributed by atoms with Gasteiger partial charge in [-0.25, -0.2) is 0 Å². The third-order valence-electron chi connectivity index (χ3n) is 3.19. The van der Waals surface area contributed by atoms with Crippen molar-refractivity contribution in [1.29, 1.82) is 0 Å². The molecule has 1 aromatic rings. The first kappa shape index (κ1) is 12.9. The van der Waals surface area contributed by atoms with E-state index < -0.39 is 0 Å². The quantitative estimate of drug-likeness (QED) is 0.840. The van der Waals surface area contributed by atoms with Crippen LogP contribution in [-0.2, 0) is 11.3 Å². The maximum Gasteiger partial charge on any atom is 0.0779 e. The van der Waals surface area contributed by atoms with Crippen molar-refractivity contribution < 1.29 is 4.74 Å². The molecule has 1 unspecified atom stereocenters. The molecule has 1 saturated heterocycles. The van der Waals surface area contributed by atoms with Crippen molar-refractivity contribution in [1.82, 2.24) is 5.32 Å². The molecule has 0 bridgehead atoms. The van der Waals surface area contributed by atoms with E-state index in [1.165, 1.54) is 12.0 Å². The summed E-state index contributed by atoms with van der Waals surface area (Å²) in [5, 5.41) is 3.44. The Morgan fingerprint density at radius 2 is 2.35 bits per heavy atom. The SMILES string of the molecule is CC1(CNCc2ccc(N)c(Br)c2)CCCO1. The molecule has 17 heavy (non-hydrogen) atoms. The molecule has 0 aromatic heterocycles. The van der Waals surface area contributed by atoms with Gasteiger partial charge in [-0.15, -0.1) is 0 Å². The lowest BCUT2D eigenvalue weighted by Gasteiger charge is -2.23. The number of nitrogens with one attached hydrogen (secondary N) is 1. The predicted octanol–water partition coefficient (Wildman–Crippen LogP) is 2.69. The van der Waals surface area contributed by atoms with Gasteiger partial charge in [-0.1, -0.05) is 6.07 Å². The summed E-state index contributed by atoms with van der Waals surface area (Å²) in [6, 6.07) is 6.03. The lowest BCUT2D eigenvalue weighted by Crippen LogP contribution is -2.36. The Kier molecular flexibility index (Phi) is 4.07. The normalized spacial score (nSPS) is 24.1. The number of rotatable bonds is 4. The van der Waals surface area contributed by atoms with Crippen molar-refractivity contribution in [2.24, 2.45) is 0 Å². The predicted molar refractivity (Wildman–Crippen MR) is 73.9 cm³/mol. The molecule has 3 nitrogen and oxygen atoms in total. The second-order valence-electron chi connectivity index (χ2n) is 4.86. The molecule has 1 atom stereocenters. The van der Waals surface area contributed by atoms with Crippen LogP contribution in [-0.4, -0.2) is 18.8 Å². The Bertz CT molecular complexity index is 389. The highest BCUT2D eigenvalue weighted by Crippen LogP contribution is 2.24. The molecule has 1 fully saturated rings. The van der Waals surface area contributed by atoms with Crippen LogP contribution in [0.25, 0.3) is 0 Å². The fraction of sp³-hybridized carbons (Fsp3) is 0.538. The molecule has 0 spiro atoms. The lowest BCUT2D eigenvalue weighted by molar-refractivity contribution is 0.0207. The third kappa shape index (κ3) is 3.44. The van der Waals surface area contributed by atoms with Gasteiger partial charge in [-0.2, -0.15) is 0 Å². The molecule has 0 aliphatic carbocycles. The highest BCUT2D eigenvalue weighted by molar-refractivity contribution is 9.10. The van der Waals surface area contributed by atoms with E-state index in [2.05, 4.69) is 34.2 Å². The molecule has 2 rings (SSSR count). The first-order chi connectivity index (χ1) is 8.09. The van der Waals surface area contributed by atoms with Crippen LogP contribution in [0.15, 0.2) is 22.7 Å². The fourth-order valence-corrected chi connectivity index (χ4v) is 2.55. The summed E-state index contributed by atoms with van der Waals surface area (Å²) in [6.07, 6.45) is 2.32. The number of nitrogens with two attached hydrogens (primary N) is 1. The Hall–Kier alpha value is -0.580. The van der Waals surface area contributed by atoms with Gasteiger partial charge in [0.15, 0.2) is 0 Å². The van der Waals surface area contributed by atoms with Gasteiger partial charge in [0.2, 0.25) is 0 Å². The molecule has 3 N–H and O–H groups in total. The highest BCUT2D eigenvalue weighted by atomic mass is 79.9. The fourth-order valence-electron chi connectivity index (χ4n) is 2.13. The van der Waals surface area contributed by atoms with E-state index in [1.807, 2.05) is 12.1 Å². The minimum Gasteiger partial charge on any atom is -0.398 e. The minimum absolute atomic E-state index is 0.0189. The largest absolute Gasteiger partial charge is 0.398 e. The summed E-state index contributed by atoms with van der Waals surface area (Å²) >= 11 is 3.44. The Labute approximate surface area is 111 Å². The van der Waals surface area contributed by atoms with Gasteiger partial charge < -0.3 is 15.8 Å². The van der Waals surface area contributed by atoms with E-state index in [1.54, 1.807) is 0 Å². The molecule has 94 valence electrons. The van der Waals surface area contributed by atoms with Crippen molar-refractivity contribution in [2.75, 3.05) is 18.9 Å². The van der Waals surface area contributed by atoms with Gasteiger partial charge in [0, 0.05) is 29.9 Å². The first-order valence-corrected chi connectivity index (χ1v) is 6.77. The van der Waals surface area contributed by atoms with Crippen molar-refractivity contribution in [3.63, 3.8) is 0 Å². The van der Waals surface area contributed by atoms with E-state index in [4.69, 9.17) is 10.5 Å². The minimum atomic E-state index is 0.0189. The van der Waals surface area contributed by atoms with Gasteiger partial charge >= 0.3 is 0 Å². The maximum atomic E-state index is 5.75. The average Bonchev–Trinajstić information content (AvgIpc) is 2.71. The molecule has 1 aliphatic rings. The third-order valence-corrected chi connectivity index (χ3v) is 3.88. The summed E-state index contributed by atoms with van der Waals surface area (Å²) in [5.74, 6) is 0. The van der Waals surface area contributed by atoms with Crippen LogP contribution in [0.3, 0.4) is 0 Å². The highest BCUT2D eigenvalue weighted by Gasteiger charge is 2.28. The Morgan fingerprint density at radius 3 is 3.00 bits per heavy atom. The van der Waals surface area contributed by atoms with E-state index in [0.29, 0.717) is 0 Å². The van der Waals surface area contributed by atoms with E-state index in [0.717, 1.165) is 36.3 Å². The zero-order valence-corrected chi connectivity index (χ0v) is 11.7. The number of anilines is 1. The van der Waals surface area contributed by atoms with Crippen LogP contribution >= 0.6 is 15.9 Å². The molecule has 1 heterocycles. The van der Waals surface area contributed by atoms with Gasteiger partial charge in [-0.05, 0) is 53.4 Å². The molecule has 1 aliphatic heterocycles. The van der Waals surface area contributed by atoms with Crippen molar-refractivity contribution in [2.45, 2.75) is 31.9 Å². The standard InChI is InChI=1S/C13H19BrN2O/c1-13(5-2-6-17-13)9-16-8-10-3-4-12(15)11(14)7-10/h3-4,7,16H,2,5-6,8-9,15H2,1H3. The van der Waals surface area contributed by atoms with Crippen LogP contribution in [0.2, 0.25) is 0 Å². The van der Waals surface area contributed by atoms with Gasteiger partial charge in [0.05, 0.1) is 5.60 Å². The van der Waals surface area contributed by atoms with Crippen molar-refractivity contribution in [3.05, 3.63) is 28.2 Å². The number of hydrogen-bond donors (Lipinski definition) is 2. The summed E-state index contributed by atoms with van der Waals surface area (Å²) in [4.78, 5) is 0. The number of nitrogen functional groups attached to an aromatic ring is 1. The number of halogens is 1. The average molecular weight is 299 g/mol. The zero-order valence-electron chi connectivity index (χ0n) is 10.1. The Morgan fingerprint density at radius 1 is 1.53 bits per heavy atom. The zero-order chi connectivity index (χ0) is 12.3. The molecular formula is C13H19BrN2O. The summed E-state index contributed by atoms with van der Waals surface area (Å²) < 4.78 is 6.69. The number of benzene rings is 1. The second-order valence-corrected chi connectivity index (χ2v) is 5.72. The molecule has 0 radical (unpaired) electrons. The molecule has 0 amide bonds. The number of ether oxygens (including phenoxy) is 1. The molecule has 0 saturated carbocycles. The smallest absolute Gasteiger partial charge is 0.0779 e. The van der Waals surface area contributed by atoms with Crippen LogP contribution in [0, 0.1) is 0 Å². The van der Waals surface area contributed by atoms with Crippen LogP contribution in [0.1, 0.15) is 25.3 Å². The van der Waals surface area contributed by atoms with Crippen molar-refractivity contribution >= 4 is 21.6 Å². The maximum absolute atomic E-state index is 5.75. The molecular weight excluding hydrogens is 280 g/mol. The van der Waals surface area contributed by atoms with Crippen LogP contribution in [0.4, 0.5) is 5.69 Å². The van der Waals surface area contributed by atoms with Gasteiger partial charge in [-0.3, -0.25) is 0 Å². The molecule has 1 aromatic carbocycles. The topological polar surface area (TPSA) is 47.3 Å². The lowest BCUT2D eigenvalue weighted by atomic mass is 10.0. The monoisotopic (exact) mass is 298 g/mol.